The number of anilines is 1. The van der Waals surface area contributed by atoms with Gasteiger partial charge in [0.2, 0.25) is 4.77 Å². The molecule has 0 saturated carbocycles. The molecular formula is C20H23N5S. The van der Waals surface area contributed by atoms with Crippen molar-refractivity contribution in [2.45, 2.75) is 20.8 Å². The molecule has 0 aliphatic heterocycles. The van der Waals surface area contributed by atoms with Gasteiger partial charge in [-0.25, -0.2) is 5.10 Å². The Balaban J connectivity index is 1.91. The number of hydrogen-bond donors (Lipinski definition) is 1. The predicted octanol–water partition coefficient (Wildman–Crippen LogP) is 4.64. The number of nitrogens with zero attached hydrogens (tertiary/aromatic N) is 4. The Kier molecular flexibility index (Phi) is 5.63. The van der Waals surface area contributed by atoms with E-state index in [1.54, 1.807) is 10.9 Å². The molecule has 0 radical (unpaired) electrons. The van der Waals surface area contributed by atoms with Crippen molar-refractivity contribution < 1.29 is 0 Å². The molecule has 5 nitrogen and oxygen atoms in total. The third-order valence-electron chi connectivity index (χ3n) is 4.27. The summed E-state index contributed by atoms with van der Waals surface area (Å²) in [4.78, 5) is 2.30. The average Bonchev–Trinajstić information content (AvgIpc) is 3.02. The summed E-state index contributed by atoms with van der Waals surface area (Å²) in [5, 5.41) is 11.7. The first-order valence-electron chi connectivity index (χ1n) is 8.76. The second-order valence-corrected chi connectivity index (χ2v) is 6.43. The van der Waals surface area contributed by atoms with Crippen LogP contribution in [0, 0.1) is 11.7 Å². The van der Waals surface area contributed by atoms with E-state index >= 15 is 0 Å². The lowest BCUT2D eigenvalue weighted by Crippen LogP contribution is -2.21. The summed E-state index contributed by atoms with van der Waals surface area (Å²) < 4.78 is 2.13. The van der Waals surface area contributed by atoms with E-state index in [-0.39, 0.29) is 0 Å². The number of aryl methyl sites for hydroxylation is 1. The monoisotopic (exact) mass is 365 g/mol. The minimum Gasteiger partial charge on any atom is -0.372 e. The molecule has 1 aromatic heterocycles. The number of H-pyrrole nitrogens is 1. The molecule has 0 amide bonds. The molecule has 0 aliphatic carbocycles. The van der Waals surface area contributed by atoms with Gasteiger partial charge in [-0.3, -0.25) is 0 Å². The lowest BCUT2D eigenvalue weighted by atomic mass is 10.1. The number of aromatic amines is 1. The second-order valence-electron chi connectivity index (χ2n) is 6.04. The van der Waals surface area contributed by atoms with Crippen LogP contribution in [0.4, 0.5) is 5.69 Å². The van der Waals surface area contributed by atoms with Gasteiger partial charge in [0.25, 0.3) is 0 Å². The molecule has 134 valence electrons. The van der Waals surface area contributed by atoms with Crippen molar-refractivity contribution in [1.82, 2.24) is 14.9 Å². The summed E-state index contributed by atoms with van der Waals surface area (Å²) in [5.41, 5.74) is 4.38. The van der Waals surface area contributed by atoms with E-state index in [0.717, 1.165) is 24.2 Å². The molecule has 0 spiro atoms. The normalized spacial score (nSPS) is 11.2. The minimum absolute atomic E-state index is 0.469. The Morgan fingerprint density at radius 2 is 1.88 bits per heavy atom. The molecule has 2 aromatic carbocycles. The third-order valence-corrected chi connectivity index (χ3v) is 4.53. The zero-order chi connectivity index (χ0) is 18.5. The van der Waals surface area contributed by atoms with Crippen LogP contribution in [-0.2, 0) is 0 Å². The maximum atomic E-state index is 5.34. The van der Waals surface area contributed by atoms with Crippen LogP contribution in [0.3, 0.4) is 0 Å². The van der Waals surface area contributed by atoms with Crippen LogP contribution in [0.5, 0.6) is 0 Å². The van der Waals surface area contributed by atoms with Crippen LogP contribution in [0.2, 0.25) is 0 Å². The van der Waals surface area contributed by atoms with Crippen LogP contribution in [0.15, 0.2) is 53.6 Å². The zero-order valence-electron chi connectivity index (χ0n) is 15.3. The first-order valence-corrected chi connectivity index (χ1v) is 9.17. The van der Waals surface area contributed by atoms with Crippen LogP contribution >= 0.6 is 12.2 Å². The quantitative estimate of drug-likeness (QED) is 0.511. The molecular weight excluding hydrogens is 342 g/mol. The Bertz CT molecular complexity index is 949. The fraction of sp³-hybridized carbons (Fsp3) is 0.250. The zero-order valence-corrected chi connectivity index (χ0v) is 16.1. The Morgan fingerprint density at radius 3 is 2.54 bits per heavy atom. The van der Waals surface area contributed by atoms with Crippen molar-refractivity contribution in [3.63, 3.8) is 0 Å². The molecule has 1 N–H and O–H groups in total. The van der Waals surface area contributed by atoms with E-state index in [9.17, 15) is 0 Å². The largest absolute Gasteiger partial charge is 0.372 e. The molecule has 0 aliphatic rings. The van der Waals surface area contributed by atoms with E-state index < -0.39 is 0 Å². The van der Waals surface area contributed by atoms with Crippen LogP contribution in [0.25, 0.3) is 11.4 Å². The van der Waals surface area contributed by atoms with E-state index in [0.29, 0.717) is 10.6 Å². The highest BCUT2D eigenvalue weighted by Crippen LogP contribution is 2.22. The van der Waals surface area contributed by atoms with Gasteiger partial charge in [-0.1, -0.05) is 29.8 Å². The van der Waals surface area contributed by atoms with E-state index in [4.69, 9.17) is 12.2 Å². The average molecular weight is 366 g/mol. The van der Waals surface area contributed by atoms with Gasteiger partial charge < -0.3 is 4.90 Å². The van der Waals surface area contributed by atoms with Crippen LogP contribution in [0.1, 0.15) is 25.0 Å². The molecule has 0 fully saturated rings. The van der Waals surface area contributed by atoms with E-state index in [2.05, 4.69) is 77.4 Å². The second kappa shape index (κ2) is 8.10. The number of hydrogen-bond acceptors (Lipinski definition) is 4. The van der Waals surface area contributed by atoms with Gasteiger partial charge in [-0.2, -0.15) is 14.9 Å². The SMILES string of the molecule is CCN(CC)c1ccc(-c2n[nH]c(=S)n2N=Cc2cccc(C)c2)cc1. The van der Waals surface area contributed by atoms with Crippen molar-refractivity contribution in [2.75, 3.05) is 18.0 Å². The smallest absolute Gasteiger partial charge is 0.216 e. The molecule has 26 heavy (non-hydrogen) atoms. The molecule has 0 bridgehead atoms. The highest BCUT2D eigenvalue weighted by molar-refractivity contribution is 7.71. The summed E-state index contributed by atoms with van der Waals surface area (Å²) in [6.45, 7) is 8.33. The van der Waals surface area contributed by atoms with Crippen molar-refractivity contribution in [3.8, 4) is 11.4 Å². The summed E-state index contributed by atoms with van der Waals surface area (Å²) in [7, 11) is 0. The standard InChI is InChI=1S/C20H23N5S/c1-4-24(5-2)18-11-9-17(10-12-18)19-22-23-20(26)25(19)21-14-16-8-6-7-15(3)13-16/h6-14H,4-5H2,1-3H3,(H,23,26). The molecule has 0 saturated heterocycles. The van der Waals surface area contributed by atoms with Gasteiger partial charge >= 0.3 is 0 Å². The van der Waals surface area contributed by atoms with E-state index in [1.165, 1.54) is 11.3 Å². The molecule has 1 heterocycles. The lowest BCUT2D eigenvalue weighted by Gasteiger charge is -2.20. The van der Waals surface area contributed by atoms with Gasteiger partial charge in [-0.15, -0.1) is 0 Å². The van der Waals surface area contributed by atoms with Crippen LogP contribution in [-0.4, -0.2) is 34.2 Å². The first-order chi connectivity index (χ1) is 12.6. The fourth-order valence-electron chi connectivity index (χ4n) is 2.87. The highest BCUT2D eigenvalue weighted by Gasteiger charge is 2.09. The van der Waals surface area contributed by atoms with Gasteiger partial charge in [0.05, 0.1) is 6.21 Å². The van der Waals surface area contributed by atoms with Crippen molar-refractivity contribution in [1.29, 1.82) is 0 Å². The van der Waals surface area contributed by atoms with Gasteiger partial charge in [0, 0.05) is 24.3 Å². The summed E-state index contributed by atoms with van der Waals surface area (Å²) in [6, 6.07) is 16.5. The maximum Gasteiger partial charge on any atom is 0.216 e. The highest BCUT2D eigenvalue weighted by atomic mass is 32.1. The molecule has 3 rings (SSSR count). The number of aromatic nitrogens is 3. The summed E-state index contributed by atoms with van der Waals surface area (Å²) in [5.74, 6) is 0.699. The Labute approximate surface area is 159 Å². The maximum absolute atomic E-state index is 5.34. The summed E-state index contributed by atoms with van der Waals surface area (Å²) >= 11 is 5.34. The molecule has 3 aromatic rings. The summed E-state index contributed by atoms with van der Waals surface area (Å²) in [6.07, 6.45) is 1.80. The minimum atomic E-state index is 0.469. The lowest BCUT2D eigenvalue weighted by molar-refractivity contribution is 0.864. The van der Waals surface area contributed by atoms with Crippen molar-refractivity contribution in [2.24, 2.45) is 5.10 Å². The molecule has 6 heteroatoms. The number of nitrogens with one attached hydrogen (secondary N) is 1. The van der Waals surface area contributed by atoms with Gasteiger partial charge in [0.1, 0.15) is 0 Å². The Hall–Kier alpha value is -2.73. The topological polar surface area (TPSA) is 49.2 Å². The predicted molar refractivity (Wildman–Crippen MR) is 111 cm³/mol. The van der Waals surface area contributed by atoms with E-state index in [1.807, 2.05) is 12.1 Å². The van der Waals surface area contributed by atoms with Gasteiger partial charge in [-0.05, 0) is 62.8 Å². The fourth-order valence-corrected chi connectivity index (χ4v) is 3.05. The van der Waals surface area contributed by atoms with Gasteiger partial charge in [0.15, 0.2) is 5.82 Å². The molecule has 0 unspecified atom stereocenters. The first kappa shape index (κ1) is 18.1. The van der Waals surface area contributed by atoms with Crippen molar-refractivity contribution in [3.05, 3.63) is 64.4 Å². The number of benzene rings is 2. The number of rotatable bonds is 6. The Morgan fingerprint density at radius 1 is 1.15 bits per heavy atom. The van der Waals surface area contributed by atoms with Crippen LogP contribution < -0.4 is 4.90 Å². The molecule has 0 atom stereocenters. The van der Waals surface area contributed by atoms with Crippen molar-refractivity contribution >= 4 is 24.1 Å². The third kappa shape index (κ3) is 3.91.